The zero-order valence-corrected chi connectivity index (χ0v) is 25.9. The van der Waals surface area contributed by atoms with Gasteiger partial charge in [0.2, 0.25) is 17.7 Å². The van der Waals surface area contributed by atoms with Gasteiger partial charge in [-0.05, 0) is 11.2 Å². The third kappa shape index (κ3) is 23.9. The fraction of sp³-hybridized carbons (Fsp3) is 0.852. The molecule has 40 heavy (non-hydrogen) atoms. The van der Waals surface area contributed by atoms with E-state index in [1.165, 1.54) is 0 Å². The maximum atomic E-state index is 12.6. The average molecular weight is 594 g/mol. The van der Waals surface area contributed by atoms with Gasteiger partial charge in [-0.3, -0.25) is 19.2 Å². The summed E-state index contributed by atoms with van der Waals surface area (Å²) in [5.74, 6) is -0.674. The second-order valence-electron chi connectivity index (χ2n) is 11.3. The van der Waals surface area contributed by atoms with Crippen LogP contribution in [-0.4, -0.2) is 112 Å². The number of hydrogen-bond acceptors (Lipinski definition) is 9. The quantitative estimate of drug-likeness (QED) is 0.128. The second kappa shape index (κ2) is 21.8. The van der Waals surface area contributed by atoms with Crippen LogP contribution in [-0.2, 0) is 38.1 Å². The highest BCUT2D eigenvalue weighted by Gasteiger charge is 2.22. The summed E-state index contributed by atoms with van der Waals surface area (Å²) in [6, 6.07) is -0.753. The molecular formula is C27H51N3O9S. The van der Waals surface area contributed by atoms with Gasteiger partial charge in [0, 0.05) is 30.7 Å². The minimum atomic E-state index is -1.06. The maximum Gasteiger partial charge on any atom is 0.303 e. The standard InChI is InChI=1S/C27H51N3O9S/c1-26(2,3)20-40-19-21(30-22(31)7-8-23(32)33)24(34)28-9-11-36-13-15-38-17-18-39-16-14-37-12-10-29-25(35)27(4,5)6/h21H,7-20H2,1-6H3,(H,28,34)(H,29,35)(H,30,31)(H,32,33)/t21-/m0/s1. The van der Waals surface area contributed by atoms with E-state index in [4.69, 9.17) is 24.1 Å². The number of carboxylic acid groups (broad SMARTS) is 1. The van der Waals surface area contributed by atoms with Crippen LogP contribution in [0.4, 0.5) is 0 Å². The topological polar surface area (TPSA) is 162 Å². The van der Waals surface area contributed by atoms with Gasteiger partial charge in [0.25, 0.3) is 0 Å². The van der Waals surface area contributed by atoms with E-state index in [1.807, 2.05) is 20.8 Å². The van der Waals surface area contributed by atoms with E-state index in [1.54, 1.807) is 11.8 Å². The van der Waals surface area contributed by atoms with Crippen LogP contribution < -0.4 is 16.0 Å². The first kappa shape index (κ1) is 38.1. The summed E-state index contributed by atoms with van der Waals surface area (Å²) in [4.78, 5) is 47.1. The molecule has 0 heterocycles. The minimum Gasteiger partial charge on any atom is -0.481 e. The Hall–Kier alpha value is -1.93. The second-order valence-corrected chi connectivity index (χ2v) is 12.4. The fourth-order valence-corrected chi connectivity index (χ4v) is 3.99. The number of carboxylic acids is 1. The average Bonchev–Trinajstić information content (AvgIpc) is 2.85. The van der Waals surface area contributed by atoms with Gasteiger partial charge in [0.15, 0.2) is 0 Å². The van der Waals surface area contributed by atoms with E-state index in [9.17, 15) is 19.2 Å². The molecule has 0 aromatic heterocycles. The first-order valence-corrected chi connectivity index (χ1v) is 14.8. The van der Waals surface area contributed by atoms with Crippen LogP contribution in [0.3, 0.4) is 0 Å². The highest BCUT2D eigenvalue weighted by atomic mass is 32.2. The number of nitrogens with one attached hydrogen (secondary N) is 3. The summed E-state index contributed by atoms with van der Waals surface area (Å²) in [5, 5.41) is 17.0. The monoisotopic (exact) mass is 593 g/mol. The number of carbonyl (C=O) groups is 4. The molecule has 0 aliphatic carbocycles. The van der Waals surface area contributed by atoms with E-state index in [0.717, 1.165) is 5.75 Å². The highest BCUT2D eigenvalue weighted by Crippen LogP contribution is 2.21. The molecule has 1 atom stereocenters. The van der Waals surface area contributed by atoms with Crippen molar-refractivity contribution in [2.75, 3.05) is 77.5 Å². The van der Waals surface area contributed by atoms with Gasteiger partial charge in [-0.25, -0.2) is 0 Å². The first-order valence-electron chi connectivity index (χ1n) is 13.7. The Kier molecular flexibility index (Phi) is 20.7. The summed E-state index contributed by atoms with van der Waals surface area (Å²) in [7, 11) is 0. The van der Waals surface area contributed by atoms with Crippen LogP contribution >= 0.6 is 11.8 Å². The van der Waals surface area contributed by atoms with E-state index >= 15 is 0 Å². The van der Waals surface area contributed by atoms with E-state index in [0.29, 0.717) is 58.5 Å². The Labute approximate surface area is 243 Å². The van der Waals surface area contributed by atoms with Crippen molar-refractivity contribution in [3.05, 3.63) is 0 Å². The van der Waals surface area contributed by atoms with Crippen molar-refractivity contribution in [2.45, 2.75) is 60.4 Å². The highest BCUT2D eigenvalue weighted by molar-refractivity contribution is 7.99. The molecule has 0 radical (unpaired) electrons. The van der Waals surface area contributed by atoms with Crippen molar-refractivity contribution in [3.8, 4) is 0 Å². The molecule has 0 aliphatic rings. The van der Waals surface area contributed by atoms with Crippen molar-refractivity contribution in [1.29, 1.82) is 0 Å². The Balaban J connectivity index is 3.87. The summed E-state index contributed by atoms with van der Waals surface area (Å²) >= 11 is 1.56. The molecule has 0 unspecified atom stereocenters. The molecule has 0 saturated heterocycles. The van der Waals surface area contributed by atoms with Crippen LogP contribution in [0.5, 0.6) is 0 Å². The van der Waals surface area contributed by atoms with Crippen LogP contribution in [0, 0.1) is 10.8 Å². The number of amides is 3. The predicted molar refractivity (Wildman–Crippen MR) is 154 cm³/mol. The molecule has 0 fully saturated rings. The lowest BCUT2D eigenvalue weighted by molar-refractivity contribution is -0.139. The molecule has 0 aromatic rings. The van der Waals surface area contributed by atoms with Gasteiger partial charge in [-0.2, -0.15) is 11.8 Å². The molecule has 4 N–H and O–H groups in total. The van der Waals surface area contributed by atoms with Crippen molar-refractivity contribution in [3.63, 3.8) is 0 Å². The molecule has 13 heteroatoms. The Morgan fingerprint density at radius 2 is 1.20 bits per heavy atom. The third-order valence-electron chi connectivity index (χ3n) is 4.91. The number of carbonyl (C=O) groups excluding carboxylic acids is 3. The van der Waals surface area contributed by atoms with Crippen molar-refractivity contribution in [1.82, 2.24) is 16.0 Å². The molecule has 12 nitrogen and oxygen atoms in total. The zero-order chi connectivity index (χ0) is 30.4. The van der Waals surface area contributed by atoms with Crippen LogP contribution in [0.1, 0.15) is 54.4 Å². The summed E-state index contributed by atoms with van der Waals surface area (Å²) < 4.78 is 21.7. The largest absolute Gasteiger partial charge is 0.481 e. The zero-order valence-electron chi connectivity index (χ0n) is 25.1. The molecule has 0 aromatic carbocycles. The molecule has 0 saturated carbocycles. The Morgan fingerprint density at radius 3 is 1.65 bits per heavy atom. The van der Waals surface area contributed by atoms with Gasteiger partial charge < -0.3 is 40.0 Å². The van der Waals surface area contributed by atoms with Gasteiger partial charge >= 0.3 is 5.97 Å². The van der Waals surface area contributed by atoms with E-state index < -0.39 is 23.3 Å². The van der Waals surface area contributed by atoms with Crippen molar-refractivity contribution < 1.29 is 43.2 Å². The SMILES string of the molecule is CC(C)(C)CSC[C@H](NC(=O)CCC(=O)O)C(=O)NCCOCCOCCOCCOCCNC(=O)C(C)(C)C. The minimum absolute atomic E-state index is 0.00941. The summed E-state index contributed by atoms with van der Waals surface area (Å²) in [6.07, 6.45) is -0.463. The number of hydrogen-bond donors (Lipinski definition) is 4. The lowest BCUT2D eigenvalue weighted by Crippen LogP contribution is -2.49. The normalized spacial score (nSPS) is 12.6. The molecular weight excluding hydrogens is 542 g/mol. The van der Waals surface area contributed by atoms with Crippen molar-refractivity contribution >= 4 is 35.5 Å². The maximum absolute atomic E-state index is 12.6. The molecule has 0 rings (SSSR count). The smallest absolute Gasteiger partial charge is 0.303 e. The van der Waals surface area contributed by atoms with Gasteiger partial charge in [-0.15, -0.1) is 0 Å². The van der Waals surface area contributed by atoms with Gasteiger partial charge in [-0.1, -0.05) is 41.5 Å². The lowest BCUT2D eigenvalue weighted by Gasteiger charge is -2.21. The summed E-state index contributed by atoms with van der Waals surface area (Å²) in [6.45, 7) is 15.7. The van der Waals surface area contributed by atoms with Crippen LogP contribution in [0.15, 0.2) is 0 Å². The predicted octanol–water partition coefficient (Wildman–Crippen LogP) is 1.46. The Morgan fingerprint density at radius 1 is 0.725 bits per heavy atom. The number of rotatable bonds is 23. The molecule has 234 valence electrons. The van der Waals surface area contributed by atoms with Gasteiger partial charge in [0.05, 0.1) is 59.3 Å². The molecule has 3 amide bonds. The van der Waals surface area contributed by atoms with Crippen LogP contribution in [0.25, 0.3) is 0 Å². The van der Waals surface area contributed by atoms with Crippen molar-refractivity contribution in [2.24, 2.45) is 10.8 Å². The fourth-order valence-electron chi connectivity index (χ4n) is 2.79. The molecule has 0 spiro atoms. The Bertz CT molecular complexity index is 740. The molecule has 0 aliphatic heterocycles. The van der Waals surface area contributed by atoms with Gasteiger partial charge in [0.1, 0.15) is 6.04 Å². The molecule has 0 bridgehead atoms. The van der Waals surface area contributed by atoms with E-state index in [2.05, 4.69) is 36.7 Å². The van der Waals surface area contributed by atoms with E-state index in [-0.39, 0.29) is 43.2 Å². The number of ether oxygens (including phenoxy) is 4. The third-order valence-corrected chi connectivity index (χ3v) is 6.55. The lowest BCUT2D eigenvalue weighted by atomic mass is 9.96. The first-order chi connectivity index (χ1) is 18.7. The number of thioether (sulfide) groups is 1. The van der Waals surface area contributed by atoms with Crippen LogP contribution in [0.2, 0.25) is 0 Å². The summed E-state index contributed by atoms with van der Waals surface area (Å²) in [5.41, 5.74) is -0.339. The number of aliphatic carboxylic acids is 1.